The van der Waals surface area contributed by atoms with E-state index in [4.69, 9.17) is 13.1 Å². The van der Waals surface area contributed by atoms with Crippen LogP contribution in [0.1, 0.15) is 73.6 Å². The first kappa shape index (κ1) is 33.9. The van der Waals surface area contributed by atoms with E-state index in [0.29, 0.717) is 25.2 Å². The lowest BCUT2D eigenvalue weighted by Crippen LogP contribution is -2.68. The Morgan fingerprint density at radius 2 is 1.51 bits per heavy atom. The molecule has 5 fully saturated rings. The molecule has 5 N–H and O–H groups in total. The van der Waals surface area contributed by atoms with Crippen LogP contribution in [0.5, 0.6) is 0 Å². The molecule has 250 valence electrons. The van der Waals surface area contributed by atoms with Gasteiger partial charge in [0.1, 0.15) is 12.2 Å². The van der Waals surface area contributed by atoms with Crippen LogP contribution >= 0.6 is 0 Å². The van der Waals surface area contributed by atoms with Gasteiger partial charge >= 0.3 is 20.7 Å². The third kappa shape index (κ3) is 5.53. The quantitative estimate of drug-likeness (QED) is 0.253. The van der Waals surface area contributed by atoms with Gasteiger partial charge in [-0.3, -0.25) is 8.74 Å². The van der Waals surface area contributed by atoms with Gasteiger partial charge in [0.25, 0.3) is 0 Å². The van der Waals surface area contributed by atoms with E-state index in [0.717, 1.165) is 6.42 Å². The second-order valence-electron chi connectivity index (χ2n) is 15.1. The van der Waals surface area contributed by atoms with Crippen LogP contribution in [0.3, 0.4) is 0 Å². The summed E-state index contributed by atoms with van der Waals surface area (Å²) in [6.07, 6.45) is -4.35. The molecule has 4 saturated carbocycles. The molecule has 0 bridgehead atoms. The number of nitrogens with one attached hydrogen (secondary N) is 1. The standard InChI is InChI=1S/C29H51NO11S2/c1-13(2)15(4)18-12-14(3)20-26(39-18)27(41-42(34,35)30-7)21-19-16(8-10-29(20,21)6)28(5)11-9-17(40-43(36,37)38)23(31)22(28)25(33)24(19)32/h13-27,30-33H,8-12H2,1-7H3,(H,36,37,38). The fraction of sp³-hybridized carbons (Fsp3) is 1.00. The number of hydrogen-bond donors (Lipinski definition) is 5. The van der Waals surface area contributed by atoms with Gasteiger partial charge in [0, 0.05) is 18.9 Å². The third-order valence-electron chi connectivity index (χ3n) is 12.8. The Labute approximate surface area is 256 Å². The van der Waals surface area contributed by atoms with E-state index in [-0.39, 0.29) is 36.2 Å². The molecular weight excluding hydrogens is 602 g/mol. The maximum atomic E-state index is 13.0. The molecule has 0 aromatic rings. The highest BCUT2D eigenvalue weighted by molar-refractivity contribution is 7.84. The van der Waals surface area contributed by atoms with Crippen molar-refractivity contribution in [3.8, 4) is 0 Å². The molecule has 43 heavy (non-hydrogen) atoms. The summed E-state index contributed by atoms with van der Waals surface area (Å²) in [5.74, 6) is -1.46. The van der Waals surface area contributed by atoms with Gasteiger partial charge in [0.05, 0.1) is 30.5 Å². The maximum Gasteiger partial charge on any atom is 0.397 e. The Morgan fingerprint density at radius 1 is 0.884 bits per heavy atom. The second kappa shape index (κ2) is 11.4. The summed E-state index contributed by atoms with van der Waals surface area (Å²) >= 11 is 0. The van der Waals surface area contributed by atoms with Crippen molar-refractivity contribution < 1.29 is 49.8 Å². The first-order valence-corrected chi connectivity index (χ1v) is 18.5. The topological polar surface area (TPSA) is 189 Å². The molecule has 0 spiro atoms. The third-order valence-corrected chi connectivity index (χ3v) is 14.3. The van der Waals surface area contributed by atoms with Gasteiger partial charge in [0.2, 0.25) is 0 Å². The summed E-state index contributed by atoms with van der Waals surface area (Å²) < 4.78 is 78.0. The van der Waals surface area contributed by atoms with E-state index in [1.165, 1.54) is 7.05 Å². The molecule has 16 unspecified atom stereocenters. The highest BCUT2D eigenvalue weighted by atomic mass is 32.3. The fourth-order valence-electron chi connectivity index (χ4n) is 10.6. The molecule has 4 aliphatic carbocycles. The van der Waals surface area contributed by atoms with E-state index in [1.54, 1.807) is 0 Å². The molecule has 5 aliphatic rings. The van der Waals surface area contributed by atoms with Crippen LogP contribution in [-0.4, -0.2) is 86.5 Å². The SMILES string of the molecule is CNS(=O)(=O)OC1C2OC(C(C)C(C)C)CC(C)C2C2(C)CCC3C(C(O)C(O)C4C(O)C(OS(=O)(=O)O)CCC34C)C12. The summed E-state index contributed by atoms with van der Waals surface area (Å²) in [6, 6.07) is 0. The van der Waals surface area contributed by atoms with Crippen LogP contribution in [0.4, 0.5) is 0 Å². The molecule has 12 nitrogen and oxygen atoms in total. The van der Waals surface area contributed by atoms with Gasteiger partial charge in [-0.15, -0.1) is 0 Å². The van der Waals surface area contributed by atoms with E-state index in [1.807, 2.05) is 6.92 Å². The Kier molecular flexibility index (Phi) is 8.98. The zero-order valence-electron chi connectivity index (χ0n) is 26.2. The molecule has 1 heterocycles. The van der Waals surface area contributed by atoms with E-state index >= 15 is 0 Å². The summed E-state index contributed by atoms with van der Waals surface area (Å²) in [6.45, 7) is 12.7. The highest BCUT2D eigenvalue weighted by Crippen LogP contribution is 2.70. The Hall–Kier alpha value is -0.420. The van der Waals surface area contributed by atoms with Crippen LogP contribution in [0, 0.1) is 58.2 Å². The van der Waals surface area contributed by atoms with Gasteiger partial charge in [-0.2, -0.15) is 21.6 Å². The number of rotatable bonds is 7. The Bertz CT molecular complexity index is 1260. The molecule has 16 atom stereocenters. The average molecular weight is 654 g/mol. The van der Waals surface area contributed by atoms with E-state index in [2.05, 4.69) is 39.3 Å². The van der Waals surface area contributed by atoms with Gasteiger partial charge in [-0.1, -0.05) is 41.5 Å². The predicted molar refractivity (Wildman–Crippen MR) is 156 cm³/mol. The minimum atomic E-state index is -4.85. The summed E-state index contributed by atoms with van der Waals surface area (Å²) in [5.41, 5.74) is -1.19. The summed E-state index contributed by atoms with van der Waals surface area (Å²) in [7, 11) is -7.71. The van der Waals surface area contributed by atoms with Crippen molar-refractivity contribution in [1.29, 1.82) is 0 Å². The molecule has 1 aliphatic heterocycles. The summed E-state index contributed by atoms with van der Waals surface area (Å²) in [5, 5.41) is 34.8. The monoisotopic (exact) mass is 653 g/mol. The number of aliphatic hydroxyl groups is 3. The van der Waals surface area contributed by atoms with Gasteiger partial charge in [0.15, 0.2) is 0 Å². The van der Waals surface area contributed by atoms with Crippen molar-refractivity contribution in [2.24, 2.45) is 58.2 Å². The zero-order valence-corrected chi connectivity index (χ0v) is 27.8. The van der Waals surface area contributed by atoms with E-state index in [9.17, 15) is 36.7 Å². The van der Waals surface area contributed by atoms with Crippen molar-refractivity contribution in [2.75, 3.05) is 7.05 Å². The van der Waals surface area contributed by atoms with Crippen molar-refractivity contribution >= 4 is 20.7 Å². The van der Waals surface area contributed by atoms with Crippen LogP contribution in [0.25, 0.3) is 0 Å². The van der Waals surface area contributed by atoms with Gasteiger partial charge in [-0.25, -0.2) is 4.18 Å². The molecule has 14 heteroatoms. The fourth-order valence-corrected chi connectivity index (χ4v) is 11.8. The number of ether oxygens (including phenoxy) is 1. The van der Waals surface area contributed by atoms with Crippen LogP contribution < -0.4 is 4.72 Å². The minimum Gasteiger partial charge on any atom is -0.390 e. The first-order valence-electron chi connectivity index (χ1n) is 15.7. The van der Waals surface area contributed by atoms with Crippen molar-refractivity contribution in [3.05, 3.63) is 0 Å². The van der Waals surface area contributed by atoms with Crippen LogP contribution in [0.15, 0.2) is 0 Å². The van der Waals surface area contributed by atoms with Gasteiger partial charge in [-0.05, 0) is 78.4 Å². The van der Waals surface area contributed by atoms with Crippen molar-refractivity contribution in [3.63, 3.8) is 0 Å². The Morgan fingerprint density at radius 3 is 2.09 bits per heavy atom. The molecule has 0 amide bonds. The number of hydrogen-bond acceptors (Lipinski definition) is 10. The van der Waals surface area contributed by atoms with Crippen molar-refractivity contribution in [1.82, 2.24) is 4.72 Å². The number of aliphatic hydroxyl groups excluding tert-OH is 3. The van der Waals surface area contributed by atoms with Crippen molar-refractivity contribution in [2.45, 2.75) is 116 Å². The molecule has 1 saturated heterocycles. The maximum absolute atomic E-state index is 13.0. The smallest absolute Gasteiger partial charge is 0.390 e. The minimum absolute atomic E-state index is 0.0366. The summed E-state index contributed by atoms with van der Waals surface area (Å²) in [4.78, 5) is 0. The molecule has 5 rings (SSSR count). The predicted octanol–water partition coefficient (Wildman–Crippen LogP) is 1.90. The molecule has 0 aromatic heterocycles. The largest absolute Gasteiger partial charge is 0.397 e. The lowest BCUT2D eigenvalue weighted by atomic mass is 9.42. The lowest BCUT2D eigenvalue weighted by Gasteiger charge is -2.64. The molecular formula is C29H51NO11S2. The molecule has 0 aromatic carbocycles. The van der Waals surface area contributed by atoms with Crippen LogP contribution in [0.2, 0.25) is 0 Å². The Balaban J connectivity index is 1.57. The van der Waals surface area contributed by atoms with Crippen LogP contribution in [-0.2, 0) is 33.8 Å². The normalized spacial score (nSPS) is 50.8. The number of fused-ring (bicyclic) bond motifs is 7. The van der Waals surface area contributed by atoms with E-state index < -0.39 is 85.9 Å². The zero-order chi connectivity index (χ0) is 32.0. The average Bonchev–Trinajstić information content (AvgIpc) is 3.15. The lowest BCUT2D eigenvalue weighted by molar-refractivity contribution is -0.253. The molecule has 0 radical (unpaired) electrons. The second-order valence-corrected chi connectivity index (χ2v) is 17.6. The highest BCUT2D eigenvalue weighted by Gasteiger charge is 2.72. The van der Waals surface area contributed by atoms with Gasteiger partial charge < -0.3 is 20.1 Å². The first-order chi connectivity index (χ1) is 19.8.